The molecule has 0 radical (unpaired) electrons. The van der Waals surface area contributed by atoms with Gasteiger partial charge in [0.15, 0.2) is 5.82 Å². The van der Waals surface area contributed by atoms with E-state index in [-0.39, 0.29) is 5.41 Å². The summed E-state index contributed by atoms with van der Waals surface area (Å²) in [4.78, 5) is 13.6. The van der Waals surface area contributed by atoms with Gasteiger partial charge in [0.05, 0.1) is 5.69 Å². The van der Waals surface area contributed by atoms with Crippen molar-refractivity contribution in [2.24, 2.45) is 12.0 Å². The summed E-state index contributed by atoms with van der Waals surface area (Å²) >= 11 is 0. The van der Waals surface area contributed by atoms with Crippen LogP contribution in [0.5, 0.6) is 0 Å². The Kier molecular flexibility index (Phi) is 2.34. The average Bonchev–Trinajstić information content (AvgIpc) is 2.32. The van der Waals surface area contributed by atoms with E-state index >= 15 is 0 Å². The molecule has 0 bridgehead atoms. The van der Waals surface area contributed by atoms with Crippen LogP contribution in [-0.2, 0) is 17.3 Å². The summed E-state index contributed by atoms with van der Waals surface area (Å²) in [5, 5.41) is 4.24. The van der Waals surface area contributed by atoms with Gasteiger partial charge >= 0.3 is 0 Å². The molecule has 4 nitrogen and oxygen atoms in total. The number of isocyanates is 1. The number of rotatable bonds is 1. The third kappa shape index (κ3) is 2.04. The van der Waals surface area contributed by atoms with Crippen molar-refractivity contribution in [2.75, 3.05) is 0 Å². The van der Waals surface area contributed by atoms with E-state index in [0.29, 0.717) is 5.82 Å². The van der Waals surface area contributed by atoms with E-state index in [9.17, 15) is 4.79 Å². The topological polar surface area (TPSA) is 47.2 Å². The highest BCUT2D eigenvalue weighted by atomic mass is 16.1. The van der Waals surface area contributed by atoms with Gasteiger partial charge in [-0.25, -0.2) is 9.48 Å². The van der Waals surface area contributed by atoms with Crippen LogP contribution in [0.25, 0.3) is 0 Å². The normalized spacial score (nSPS) is 11.1. The van der Waals surface area contributed by atoms with Crippen LogP contribution in [0.3, 0.4) is 0 Å². The van der Waals surface area contributed by atoms with E-state index in [2.05, 4.69) is 30.9 Å². The Balaban J connectivity index is 3.16. The third-order valence-corrected chi connectivity index (χ3v) is 1.78. The highest BCUT2D eigenvalue weighted by molar-refractivity contribution is 5.45. The molecule has 0 spiro atoms. The molecular formula is C9H13N3O. The Bertz CT molecular complexity index is 353. The summed E-state index contributed by atoms with van der Waals surface area (Å²) in [5.41, 5.74) is 0.901. The van der Waals surface area contributed by atoms with E-state index < -0.39 is 0 Å². The summed E-state index contributed by atoms with van der Waals surface area (Å²) in [7, 11) is 1.76. The lowest BCUT2D eigenvalue weighted by atomic mass is 9.92. The third-order valence-electron chi connectivity index (χ3n) is 1.78. The zero-order valence-corrected chi connectivity index (χ0v) is 8.33. The molecule has 0 saturated heterocycles. The summed E-state index contributed by atoms with van der Waals surface area (Å²) in [6.45, 7) is 6.18. The van der Waals surface area contributed by atoms with Crippen molar-refractivity contribution in [1.29, 1.82) is 0 Å². The molecule has 0 saturated carbocycles. The number of aryl methyl sites for hydroxylation is 1. The van der Waals surface area contributed by atoms with Crippen molar-refractivity contribution in [3.8, 4) is 0 Å². The van der Waals surface area contributed by atoms with Gasteiger partial charge in [-0.05, 0) is 0 Å². The lowest BCUT2D eigenvalue weighted by Crippen LogP contribution is -2.12. The van der Waals surface area contributed by atoms with Gasteiger partial charge in [0.25, 0.3) is 0 Å². The van der Waals surface area contributed by atoms with Gasteiger partial charge in [-0.3, -0.25) is 0 Å². The minimum Gasteiger partial charge on any atom is -0.250 e. The Morgan fingerprint density at radius 1 is 1.54 bits per heavy atom. The van der Waals surface area contributed by atoms with Crippen molar-refractivity contribution in [1.82, 2.24) is 9.78 Å². The number of hydrogen-bond donors (Lipinski definition) is 0. The predicted octanol–water partition coefficient (Wildman–Crippen LogP) is 1.68. The summed E-state index contributed by atoms with van der Waals surface area (Å²) < 4.78 is 1.57. The second-order valence-corrected chi connectivity index (χ2v) is 3.96. The number of nitrogens with zero attached hydrogens (tertiary/aromatic N) is 3. The first-order chi connectivity index (χ1) is 5.95. The SMILES string of the molecule is Cn1nc(C(C)(C)C)cc1N=C=O. The number of hydrogen-bond acceptors (Lipinski definition) is 3. The number of aliphatic imine (C=N–C) groups is 1. The molecule has 0 N–H and O–H groups in total. The molecule has 0 unspecified atom stereocenters. The van der Waals surface area contributed by atoms with E-state index in [1.54, 1.807) is 17.8 Å². The molecule has 0 aliphatic heterocycles. The van der Waals surface area contributed by atoms with Gasteiger partial charge < -0.3 is 0 Å². The first-order valence-corrected chi connectivity index (χ1v) is 4.07. The van der Waals surface area contributed by atoms with Crippen LogP contribution in [-0.4, -0.2) is 15.9 Å². The largest absolute Gasteiger partial charge is 0.250 e. The Morgan fingerprint density at radius 2 is 2.15 bits per heavy atom. The maximum atomic E-state index is 10.1. The molecule has 4 heteroatoms. The van der Waals surface area contributed by atoms with E-state index in [1.807, 2.05) is 0 Å². The molecule has 13 heavy (non-hydrogen) atoms. The van der Waals surface area contributed by atoms with Crippen LogP contribution in [0.2, 0.25) is 0 Å². The predicted molar refractivity (Wildman–Crippen MR) is 49.7 cm³/mol. The molecule has 1 rings (SSSR count). The minimum absolute atomic E-state index is 0.0194. The van der Waals surface area contributed by atoms with Gasteiger partial charge in [-0.2, -0.15) is 5.10 Å². The fourth-order valence-electron chi connectivity index (χ4n) is 0.975. The standard InChI is InChI=1S/C9H13N3O/c1-9(2,3)7-5-8(10-6-13)12(4)11-7/h5H,1-4H3. The Morgan fingerprint density at radius 3 is 2.54 bits per heavy atom. The van der Waals surface area contributed by atoms with Gasteiger partial charge in [0.1, 0.15) is 0 Å². The zero-order valence-electron chi connectivity index (χ0n) is 8.33. The Hall–Kier alpha value is -1.41. The number of carbonyl (C=O) groups excluding carboxylic acids is 1. The quantitative estimate of drug-likeness (QED) is 0.486. The fourth-order valence-corrected chi connectivity index (χ4v) is 0.975. The molecule has 0 amide bonds. The van der Waals surface area contributed by atoms with Crippen LogP contribution < -0.4 is 0 Å². The lowest BCUT2D eigenvalue weighted by Gasteiger charge is -2.13. The molecule has 0 aliphatic rings. The molecule has 1 aromatic heterocycles. The molecule has 0 aromatic carbocycles. The first-order valence-electron chi connectivity index (χ1n) is 4.07. The van der Waals surface area contributed by atoms with Crippen LogP contribution in [0.4, 0.5) is 5.82 Å². The smallest absolute Gasteiger partial charge is 0.242 e. The number of aromatic nitrogens is 2. The minimum atomic E-state index is -0.0194. The molecule has 1 heterocycles. The maximum Gasteiger partial charge on any atom is 0.242 e. The maximum absolute atomic E-state index is 10.1. The molecular weight excluding hydrogens is 166 g/mol. The van der Waals surface area contributed by atoms with Crippen molar-refractivity contribution >= 4 is 11.9 Å². The van der Waals surface area contributed by atoms with Gasteiger partial charge in [0, 0.05) is 18.5 Å². The van der Waals surface area contributed by atoms with Crippen LogP contribution in [0, 0.1) is 0 Å². The molecule has 0 atom stereocenters. The van der Waals surface area contributed by atoms with E-state index in [1.165, 1.54) is 6.08 Å². The van der Waals surface area contributed by atoms with Crippen LogP contribution in [0.15, 0.2) is 11.1 Å². The average molecular weight is 179 g/mol. The van der Waals surface area contributed by atoms with Crippen molar-refractivity contribution in [2.45, 2.75) is 26.2 Å². The molecule has 0 fully saturated rings. The molecule has 1 aromatic rings. The van der Waals surface area contributed by atoms with Crippen LogP contribution >= 0.6 is 0 Å². The summed E-state index contributed by atoms with van der Waals surface area (Å²) in [5.74, 6) is 0.542. The van der Waals surface area contributed by atoms with Gasteiger partial charge in [0.2, 0.25) is 6.08 Å². The monoisotopic (exact) mass is 179 g/mol. The first kappa shape index (κ1) is 9.68. The fraction of sp³-hybridized carbons (Fsp3) is 0.556. The second kappa shape index (κ2) is 3.15. The van der Waals surface area contributed by atoms with E-state index in [4.69, 9.17) is 0 Å². The highest BCUT2D eigenvalue weighted by Gasteiger charge is 2.18. The van der Waals surface area contributed by atoms with Crippen molar-refractivity contribution < 1.29 is 4.79 Å². The second-order valence-electron chi connectivity index (χ2n) is 3.96. The lowest BCUT2D eigenvalue weighted by molar-refractivity contribution is 0.553. The Labute approximate surface area is 77.3 Å². The van der Waals surface area contributed by atoms with Crippen molar-refractivity contribution in [3.05, 3.63) is 11.8 Å². The van der Waals surface area contributed by atoms with Gasteiger partial charge in [-0.15, -0.1) is 4.99 Å². The molecule has 0 aliphatic carbocycles. The van der Waals surface area contributed by atoms with E-state index in [0.717, 1.165) is 5.69 Å². The summed E-state index contributed by atoms with van der Waals surface area (Å²) in [6.07, 6.45) is 1.50. The summed E-state index contributed by atoms with van der Waals surface area (Å²) in [6, 6.07) is 1.80. The van der Waals surface area contributed by atoms with Crippen molar-refractivity contribution in [3.63, 3.8) is 0 Å². The zero-order chi connectivity index (χ0) is 10.1. The van der Waals surface area contributed by atoms with Crippen LogP contribution in [0.1, 0.15) is 26.5 Å². The molecule has 70 valence electrons. The highest BCUT2D eigenvalue weighted by Crippen LogP contribution is 2.24. The van der Waals surface area contributed by atoms with Gasteiger partial charge in [-0.1, -0.05) is 20.8 Å².